The summed E-state index contributed by atoms with van der Waals surface area (Å²) in [6.45, 7) is 0. The number of aromatic nitrogens is 2. The van der Waals surface area contributed by atoms with Crippen molar-refractivity contribution in [2.24, 2.45) is 0 Å². The number of anilines is 2. The van der Waals surface area contributed by atoms with Gasteiger partial charge in [-0.1, -0.05) is 18.2 Å². The second kappa shape index (κ2) is 4.46. The third-order valence-corrected chi connectivity index (χ3v) is 3.35. The van der Waals surface area contributed by atoms with Crippen LogP contribution >= 0.6 is 0 Å². The minimum Gasteiger partial charge on any atom is -0.398 e. The Morgan fingerprint density at radius 1 is 1.35 bits per heavy atom. The number of hydrogen-bond donors (Lipinski definition) is 3. The molecule has 0 atom stereocenters. The number of nitrogen functional groups attached to an aromatic ring is 1. The van der Waals surface area contributed by atoms with Crippen LogP contribution in [0.25, 0.3) is 0 Å². The first-order valence-electron chi connectivity index (χ1n) is 4.90. The number of nitrogens with two attached hydrogens (primary N) is 1. The molecule has 0 unspecified atom stereocenters. The zero-order chi connectivity index (χ0) is 12.3. The van der Waals surface area contributed by atoms with Crippen LogP contribution in [0.5, 0.6) is 0 Å². The summed E-state index contributed by atoms with van der Waals surface area (Å²) >= 11 is 0. The number of hydrogen-bond acceptors (Lipinski definition) is 4. The summed E-state index contributed by atoms with van der Waals surface area (Å²) < 4.78 is 25.9. The van der Waals surface area contributed by atoms with Crippen LogP contribution < -0.4 is 10.5 Å². The lowest BCUT2D eigenvalue weighted by Crippen LogP contribution is -2.16. The van der Waals surface area contributed by atoms with E-state index in [0.717, 1.165) is 0 Å². The van der Waals surface area contributed by atoms with Gasteiger partial charge in [0.2, 0.25) is 16.0 Å². The standard InChI is InChI=1S/C10H12N4O2S/c11-9-4-2-1-3-8(9)7-17(15,16)14-10-12-5-6-13-10/h1-6H,7,11H2,(H2,12,13,14). The molecule has 0 aliphatic heterocycles. The maximum absolute atomic E-state index is 11.8. The molecule has 7 heteroatoms. The summed E-state index contributed by atoms with van der Waals surface area (Å²) in [5, 5.41) is 0. The average Bonchev–Trinajstić information content (AvgIpc) is 2.73. The number of aromatic amines is 1. The molecule has 0 saturated heterocycles. The van der Waals surface area contributed by atoms with Crippen molar-refractivity contribution in [2.45, 2.75) is 5.75 Å². The van der Waals surface area contributed by atoms with Crippen LogP contribution in [-0.2, 0) is 15.8 Å². The molecular weight excluding hydrogens is 240 g/mol. The van der Waals surface area contributed by atoms with E-state index in [1.54, 1.807) is 24.3 Å². The summed E-state index contributed by atoms with van der Waals surface area (Å²) in [6, 6.07) is 6.84. The molecule has 0 amide bonds. The molecule has 0 spiro atoms. The SMILES string of the molecule is Nc1ccccc1CS(=O)(=O)Nc1ncc[nH]1. The third kappa shape index (κ3) is 2.97. The Labute approximate surface area is 98.9 Å². The maximum atomic E-state index is 11.8. The Balaban J connectivity index is 2.16. The van der Waals surface area contributed by atoms with Gasteiger partial charge in [0.25, 0.3) is 0 Å². The van der Waals surface area contributed by atoms with Gasteiger partial charge in [0.05, 0.1) is 5.75 Å². The molecule has 1 aromatic carbocycles. The number of nitrogens with zero attached hydrogens (tertiary/aromatic N) is 1. The first-order valence-corrected chi connectivity index (χ1v) is 6.55. The Bertz CT molecular complexity index is 593. The number of sulfonamides is 1. The highest BCUT2D eigenvalue weighted by atomic mass is 32.2. The van der Waals surface area contributed by atoms with Crippen LogP contribution in [0.1, 0.15) is 5.56 Å². The van der Waals surface area contributed by atoms with E-state index >= 15 is 0 Å². The molecule has 1 aromatic heterocycles. The van der Waals surface area contributed by atoms with Crippen LogP contribution in [-0.4, -0.2) is 18.4 Å². The lowest BCUT2D eigenvalue weighted by Gasteiger charge is -2.07. The lowest BCUT2D eigenvalue weighted by molar-refractivity contribution is 0.600. The highest BCUT2D eigenvalue weighted by molar-refractivity contribution is 7.91. The van der Waals surface area contributed by atoms with Gasteiger partial charge in [-0.15, -0.1) is 0 Å². The Kier molecular flexibility index (Phi) is 3.01. The minimum absolute atomic E-state index is 0.180. The van der Waals surface area contributed by atoms with Crippen LogP contribution in [0.15, 0.2) is 36.7 Å². The van der Waals surface area contributed by atoms with Crippen molar-refractivity contribution in [1.82, 2.24) is 9.97 Å². The molecule has 90 valence electrons. The predicted molar refractivity (Wildman–Crippen MR) is 65.7 cm³/mol. The minimum atomic E-state index is -3.50. The van der Waals surface area contributed by atoms with Gasteiger partial charge in [-0.05, 0) is 11.6 Å². The molecule has 0 saturated carbocycles. The van der Waals surface area contributed by atoms with Crippen molar-refractivity contribution < 1.29 is 8.42 Å². The van der Waals surface area contributed by atoms with E-state index in [1.807, 2.05) is 0 Å². The number of H-pyrrole nitrogens is 1. The Morgan fingerprint density at radius 3 is 2.76 bits per heavy atom. The van der Waals surface area contributed by atoms with Crippen LogP contribution in [0.3, 0.4) is 0 Å². The fourth-order valence-electron chi connectivity index (χ4n) is 1.37. The normalized spacial score (nSPS) is 11.3. The second-order valence-electron chi connectivity index (χ2n) is 3.50. The number of benzene rings is 1. The van der Waals surface area contributed by atoms with Gasteiger partial charge < -0.3 is 10.7 Å². The van der Waals surface area contributed by atoms with Gasteiger partial charge in [-0.2, -0.15) is 0 Å². The molecule has 0 fully saturated rings. The lowest BCUT2D eigenvalue weighted by atomic mass is 10.2. The Morgan fingerprint density at radius 2 is 2.12 bits per heavy atom. The molecular formula is C10H12N4O2S. The van der Waals surface area contributed by atoms with E-state index in [-0.39, 0.29) is 11.7 Å². The monoisotopic (exact) mass is 252 g/mol. The van der Waals surface area contributed by atoms with E-state index in [4.69, 9.17) is 5.73 Å². The summed E-state index contributed by atoms with van der Waals surface area (Å²) in [6.07, 6.45) is 3.00. The van der Waals surface area contributed by atoms with Crippen molar-refractivity contribution in [3.63, 3.8) is 0 Å². The number of para-hydroxylation sites is 1. The zero-order valence-corrected chi connectivity index (χ0v) is 9.74. The van der Waals surface area contributed by atoms with Crippen LogP contribution in [0.2, 0.25) is 0 Å². The van der Waals surface area contributed by atoms with Gasteiger partial charge in [-0.3, -0.25) is 4.72 Å². The Hall–Kier alpha value is -2.02. The molecule has 6 nitrogen and oxygen atoms in total. The van der Waals surface area contributed by atoms with Crippen molar-refractivity contribution in [3.8, 4) is 0 Å². The van der Waals surface area contributed by atoms with E-state index in [0.29, 0.717) is 11.3 Å². The van der Waals surface area contributed by atoms with Crippen molar-refractivity contribution in [3.05, 3.63) is 42.2 Å². The highest BCUT2D eigenvalue weighted by Crippen LogP contribution is 2.15. The van der Waals surface area contributed by atoms with E-state index < -0.39 is 10.0 Å². The van der Waals surface area contributed by atoms with Gasteiger partial charge >= 0.3 is 0 Å². The molecule has 0 aliphatic carbocycles. The molecule has 17 heavy (non-hydrogen) atoms. The topological polar surface area (TPSA) is 101 Å². The fourth-order valence-corrected chi connectivity index (χ4v) is 2.53. The van der Waals surface area contributed by atoms with Crippen LogP contribution in [0, 0.1) is 0 Å². The van der Waals surface area contributed by atoms with Gasteiger partial charge in [-0.25, -0.2) is 13.4 Å². The third-order valence-electron chi connectivity index (χ3n) is 2.15. The van der Waals surface area contributed by atoms with Gasteiger partial charge in [0.15, 0.2) is 0 Å². The van der Waals surface area contributed by atoms with Gasteiger partial charge in [0.1, 0.15) is 0 Å². The highest BCUT2D eigenvalue weighted by Gasteiger charge is 2.14. The number of nitrogens with one attached hydrogen (secondary N) is 2. The zero-order valence-electron chi connectivity index (χ0n) is 8.92. The molecule has 0 bridgehead atoms. The molecule has 4 N–H and O–H groups in total. The second-order valence-corrected chi connectivity index (χ2v) is 5.22. The summed E-state index contributed by atoms with van der Waals surface area (Å²) in [4.78, 5) is 6.45. The largest absolute Gasteiger partial charge is 0.398 e. The molecule has 0 aliphatic rings. The van der Waals surface area contributed by atoms with Crippen LogP contribution in [0.4, 0.5) is 11.6 Å². The molecule has 1 heterocycles. The molecule has 2 rings (SSSR count). The van der Waals surface area contributed by atoms with Crippen molar-refractivity contribution in [1.29, 1.82) is 0 Å². The smallest absolute Gasteiger partial charge is 0.239 e. The molecule has 2 aromatic rings. The van der Waals surface area contributed by atoms with E-state index in [2.05, 4.69) is 14.7 Å². The molecule has 0 radical (unpaired) electrons. The summed E-state index contributed by atoms with van der Waals surface area (Å²) in [5.74, 6) is 0.0138. The van der Waals surface area contributed by atoms with Crippen molar-refractivity contribution >= 4 is 21.7 Å². The van der Waals surface area contributed by atoms with E-state index in [9.17, 15) is 8.42 Å². The number of imidazole rings is 1. The first kappa shape index (κ1) is 11.5. The average molecular weight is 252 g/mol. The summed E-state index contributed by atoms with van der Waals surface area (Å²) in [7, 11) is -3.50. The van der Waals surface area contributed by atoms with Crippen molar-refractivity contribution in [2.75, 3.05) is 10.5 Å². The quantitative estimate of drug-likeness (QED) is 0.705. The van der Waals surface area contributed by atoms with E-state index in [1.165, 1.54) is 12.4 Å². The number of rotatable bonds is 4. The maximum Gasteiger partial charge on any atom is 0.239 e. The predicted octanol–water partition coefficient (Wildman–Crippen LogP) is 0.934. The van der Waals surface area contributed by atoms with Gasteiger partial charge in [0, 0.05) is 18.1 Å². The first-order chi connectivity index (χ1) is 8.07. The fraction of sp³-hybridized carbons (Fsp3) is 0.100. The summed E-state index contributed by atoms with van der Waals surface area (Å²) in [5.41, 5.74) is 6.70.